The number of rotatable bonds is 5. The lowest BCUT2D eigenvalue weighted by atomic mass is 9.96. The number of carbonyl (C=O) groups is 3. The van der Waals surface area contributed by atoms with E-state index in [0.717, 1.165) is 5.56 Å². The van der Waals surface area contributed by atoms with Crippen molar-refractivity contribution in [3.63, 3.8) is 0 Å². The number of aromatic hydroxyl groups is 1. The van der Waals surface area contributed by atoms with E-state index < -0.39 is 23.8 Å². The van der Waals surface area contributed by atoms with Crippen molar-refractivity contribution in [2.24, 2.45) is 5.92 Å². The van der Waals surface area contributed by atoms with Crippen LogP contribution in [0.25, 0.3) is 0 Å². The molecule has 128 valence electrons. The number of ether oxygens (including phenoxy) is 1. The van der Waals surface area contributed by atoms with E-state index in [0.29, 0.717) is 17.9 Å². The molecule has 4 amide bonds. The predicted molar refractivity (Wildman–Crippen MR) is 87.8 cm³/mol. The number of carbonyl (C=O) groups excluding carboxylic acids is 3. The lowest BCUT2D eigenvalue weighted by Gasteiger charge is -2.21. The summed E-state index contributed by atoms with van der Waals surface area (Å²) in [6.07, 6.45) is -0.0181. The number of hydrogen-bond donors (Lipinski definition) is 3. The normalized spacial score (nSPS) is 14.8. The zero-order chi connectivity index (χ0) is 17.8. The van der Waals surface area contributed by atoms with Crippen molar-refractivity contribution >= 4 is 17.8 Å². The molecule has 25 heavy (non-hydrogen) atoms. The van der Waals surface area contributed by atoms with Gasteiger partial charge in [0.25, 0.3) is 0 Å². The molecule has 0 unspecified atom stereocenters. The smallest absolute Gasteiger partial charge is 0.328 e. The summed E-state index contributed by atoms with van der Waals surface area (Å²) in [6.45, 7) is 0.356. The summed E-state index contributed by atoms with van der Waals surface area (Å²) >= 11 is 0. The van der Waals surface area contributed by atoms with Crippen molar-refractivity contribution < 1.29 is 24.2 Å². The van der Waals surface area contributed by atoms with Gasteiger partial charge in [0.05, 0.1) is 0 Å². The number of barbiturate groups is 1. The van der Waals surface area contributed by atoms with Gasteiger partial charge in [-0.3, -0.25) is 20.2 Å². The topological polar surface area (TPSA) is 105 Å². The average Bonchev–Trinajstić information content (AvgIpc) is 2.58. The summed E-state index contributed by atoms with van der Waals surface area (Å²) in [4.78, 5) is 34.6. The van der Waals surface area contributed by atoms with Gasteiger partial charge in [0, 0.05) is 6.07 Å². The number of amides is 4. The summed E-state index contributed by atoms with van der Waals surface area (Å²) in [7, 11) is 0. The standard InChI is InChI=1S/C18H16N2O5/c21-15-9-13(25-10-11-4-2-1-3-5-11)7-6-12(15)8-14-16(22)19-18(24)20-17(14)23/h1-7,9,14,21H,8,10H2,(H2,19,20,22,23,24). The summed E-state index contributed by atoms with van der Waals surface area (Å²) in [6, 6.07) is 13.4. The molecule has 1 fully saturated rings. The second-order valence-electron chi connectivity index (χ2n) is 5.63. The van der Waals surface area contributed by atoms with Crippen molar-refractivity contribution in [1.29, 1.82) is 0 Å². The molecule has 0 bridgehead atoms. The van der Waals surface area contributed by atoms with E-state index in [1.807, 2.05) is 41.0 Å². The first-order valence-corrected chi connectivity index (χ1v) is 7.67. The zero-order valence-electron chi connectivity index (χ0n) is 13.2. The Hall–Kier alpha value is -3.35. The molecule has 7 heteroatoms. The molecular formula is C18H16N2O5. The molecule has 0 spiro atoms. The highest BCUT2D eigenvalue weighted by Gasteiger charge is 2.34. The molecule has 2 aromatic carbocycles. The Morgan fingerprint density at radius 3 is 2.28 bits per heavy atom. The van der Waals surface area contributed by atoms with Crippen LogP contribution in [0.15, 0.2) is 48.5 Å². The van der Waals surface area contributed by atoms with Gasteiger partial charge in [0.15, 0.2) is 0 Å². The SMILES string of the molecule is O=C1NC(=O)C(Cc2ccc(OCc3ccccc3)cc2O)C(=O)N1. The first-order valence-electron chi connectivity index (χ1n) is 7.67. The van der Waals surface area contributed by atoms with Gasteiger partial charge in [0.1, 0.15) is 24.0 Å². The monoisotopic (exact) mass is 340 g/mol. The molecule has 3 rings (SSSR count). The van der Waals surface area contributed by atoms with Crippen molar-refractivity contribution in [1.82, 2.24) is 10.6 Å². The maximum absolute atomic E-state index is 11.8. The van der Waals surface area contributed by atoms with Crippen LogP contribution in [-0.2, 0) is 22.6 Å². The molecule has 1 aliphatic rings. The lowest BCUT2D eigenvalue weighted by molar-refractivity contribution is -0.135. The second kappa shape index (κ2) is 7.04. The third kappa shape index (κ3) is 3.95. The summed E-state index contributed by atoms with van der Waals surface area (Å²) < 4.78 is 5.61. The Kier molecular flexibility index (Phi) is 4.65. The zero-order valence-corrected chi connectivity index (χ0v) is 13.2. The highest BCUT2D eigenvalue weighted by Crippen LogP contribution is 2.27. The number of urea groups is 1. The Morgan fingerprint density at radius 1 is 0.960 bits per heavy atom. The van der Waals surface area contributed by atoms with Gasteiger partial charge < -0.3 is 9.84 Å². The van der Waals surface area contributed by atoms with E-state index in [4.69, 9.17) is 4.74 Å². The van der Waals surface area contributed by atoms with E-state index in [9.17, 15) is 19.5 Å². The first kappa shape index (κ1) is 16.5. The molecule has 7 nitrogen and oxygen atoms in total. The molecule has 0 aromatic heterocycles. The van der Waals surface area contributed by atoms with Crippen molar-refractivity contribution in [2.45, 2.75) is 13.0 Å². The van der Waals surface area contributed by atoms with Crippen LogP contribution in [0.1, 0.15) is 11.1 Å². The van der Waals surface area contributed by atoms with Gasteiger partial charge in [-0.1, -0.05) is 36.4 Å². The van der Waals surface area contributed by atoms with Crippen LogP contribution in [0, 0.1) is 5.92 Å². The highest BCUT2D eigenvalue weighted by molar-refractivity contribution is 6.16. The quantitative estimate of drug-likeness (QED) is 0.716. The van der Waals surface area contributed by atoms with E-state index in [1.54, 1.807) is 12.1 Å². The summed E-state index contributed by atoms with van der Waals surface area (Å²) in [5.74, 6) is -2.05. The third-order valence-corrected chi connectivity index (χ3v) is 3.84. The Morgan fingerprint density at radius 2 is 1.64 bits per heavy atom. The molecular weight excluding hydrogens is 324 g/mol. The second-order valence-corrected chi connectivity index (χ2v) is 5.63. The molecule has 0 radical (unpaired) electrons. The van der Waals surface area contributed by atoms with Gasteiger partial charge >= 0.3 is 6.03 Å². The van der Waals surface area contributed by atoms with Gasteiger partial charge in [-0.05, 0) is 23.6 Å². The molecule has 0 aliphatic carbocycles. The van der Waals surface area contributed by atoms with Crippen molar-refractivity contribution in [2.75, 3.05) is 0 Å². The number of phenolic OH excluding ortho intramolecular Hbond substituents is 1. The maximum atomic E-state index is 11.8. The van der Waals surface area contributed by atoms with Crippen LogP contribution < -0.4 is 15.4 Å². The third-order valence-electron chi connectivity index (χ3n) is 3.84. The fraction of sp³-hybridized carbons (Fsp3) is 0.167. The van der Waals surface area contributed by atoms with Gasteiger partial charge in [-0.25, -0.2) is 4.79 Å². The molecule has 0 atom stereocenters. The van der Waals surface area contributed by atoms with Crippen LogP contribution >= 0.6 is 0 Å². The Balaban J connectivity index is 1.66. The van der Waals surface area contributed by atoms with E-state index in [2.05, 4.69) is 0 Å². The molecule has 2 aromatic rings. The molecule has 1 heterocycles. The van der Waals surface area contributed by atoms with E-state index >= 15 is 0 Å². The molecule has 3 N–H and O–H groups in total. The minimum absolute atomic E-state index is 0.0181. The minimum Gasteiger partial charge on any atom is -0.508 e. The van der Waals surface area contributed by atoms with Gasteiger partial charge in [-0.15, -0.1) is 0 Å². The van der Waals surface area contributed by atoms with Crippen LogP contribution in [-0.4, -0.2) is 23.0 Å². The van der Waals surface area contributed by atoms with Crippen LogP contribution in [0.4, 0.5) is 4.79 Å². The molecule has 1 aliphatic heterocycles. The number of phenols is 1. The average molecular weight is 340 g/mol. The maximum Gasteiger partial charge on any atom is 0.328 e. The van der Waals surface area contributed by atoms with E-state index in [-0.39, 0.29) is 12.2 Å². The van der Waals surface area contributed by atoms with Crippen molar-refractivity contribution in [3.8, 4) is 11.5 Å². The minimum atomic E-state index is -1.07. The fourth-order valence-corrected chi connectivity index (χ4v) is 2.50. The number of benzene rings is 2. The highest BCUT2D eigenvalue weighted by atomic mass is 16.5. The molecule has 1 saturated heterocycles. The first-order chi connectivity index (χ1) is 12.0. The Labute approximate surface area is 143 Å². The Bertz CT molecular complexity index is 799. The number of hydrogen-bond acceptors (Lipinski definition) is 5. The fourth-order valence-electron chi connectivity index (χ4n) is 2.50. The van der Waals surface area contributed by atoms with Gasteiger partial charge in [-0.2, -0.15) is 0 Å². The summed E-state index contributed by atoms with van der Waals surface area (Å²) in [5, 5.41) is 14.2. The largest absolute Gasteiger partial charge is 0.508 e. The van der Waals surface area contributed by atoms with Crippen molar-refractivity contribution in [3.05, 3.63) is 59.7 Å². The predicted octanol–water partition coefficient (Wildman–Crippen LogP) is 1.50. The van der Waals surface area contributed by atoms with Crippen LogP contribution in [0.3, 0.4) is 0 Å². The van der Waals surface area contributed by atoms with E-state index in [1.165, 1.54) is 6.07 Å². The number of nitrogens with one attached hydrogen (secondary N) is 2. The lowest BCUT2D eigenvalue weighted by Crippen LogP contribution is -2.56. The number of imide groups is 2. The van der Waals surface area contributed by atoms with Crippen LogP contribution in [0.5, 0.6) is 11.5 Å². The van der Waals surface area contributed by atoms with Gasteiger partial charge in [0.2, 0.25) is 11.8 Å². The van der Waals surface area contributed by atoms with Crippen LogP contribution in [0.2, 0.25) is 0 Å². The molecule has 0 saturated carbocycles. The summed E-state index contributed by atoms with van der Waals surface area (Å²) in [5.41, 5.74) is 1.41.